The fourth-order valence-corrected chi connectivity index (χ4v) is 6.75. The molecule has 2 bridgehead atoms. The van der Waals surface area contributed by atoms with Crippen molar-refractivity contribution in [3.63, 3.8) is 0 Å². The summed E-state index contributed by atoms with van der Waals surface area (Å²) in [5.74, 6) is 0.622. The molecular formula is C23H33N3O4. The highest BCUT2D eigenvalue weighted by molar-refractivity contribution is 5.87. The van der Waals surface area contributed by atoms with E-state index in [1.807, 2.05) is 13.0 Å². The molecule has 5 rings (SSSR count). The number of ether oxygens (including phenoxy) is 1. The minimum Gasteiger partial charge on any atom is -0.464 e. The van der Waals surface area contributed by atoms with Crippen molar-refractivity contribution in [1.82, 2.24) is 15.4 Å². The molecule has 30 heavy (non-hydrogen) atoms. The Morgan fingerprint density at radius 3 is 2.67 bits per heavy atom. The number of likely N-dealkylation sites (N-methyl/N-ethyl adjacent to an activating group) is 1. The van der Waals surface area contributed by atoms with Crippen molar-refractivity contribution >= 4 is 11.9 Å². The van der Waals surface area contributed by atoms with Crippen LogP contribution < -0.4 is 5.32 Å². The normalized spacial score (nSPS) is 34.3. The molecule has 0 radical (unpaired) electrons. The van der Waals surface area contributed by atoms with E-state index < -0.39 is 0 Å². The molecule has 0 aromatic carbocycles. The zero-order chi connectivity index (χ0) is 20.9. The van der Waals surface area contributed by atoms with Crippen LogP contribution in [-0.2, 0) is 20.9 Å². The van der Waals surface area contributed by atoms with Gasteiger partial charge in [-0.2, -0.15) is 0 Å². The molecule has 1 aliphatic heterocycles. The molecule has 1 aromatic heterocycles. The number of aromatic nitrogens is 1. The van der Waals surface area contributed by atoms with Gasteiger partial charge in [0.05, 0.1) is 18.4 Å². The minimum atomic E-state index is -0.292. The van der Waals surface area contributed by atoms with Crippen molar-refractivity contribution in [2.75, 3.05) is 20.2 Å². The van der Waals surface area contributed by atoms with Crippen molar-refractivity contribution in [1.29, 1.82) is 0 Å². The second-order valence-corrected chi connectivity index (χ2v) is 9.98. The molecule has 1 spiro atoms. The average Bonchev–Trinajstić information content (AvgIpc) is 3.22. The number of hydrogen-bond donors (Lipinski definition) is 1. The van der Waals surface area contributed by atoms with Crippen molar-refractivity contribution in [3.8, 4) is 0 Å². The lowest BCUT2D eigenvalue weighted by Crippen LogP contribution is -2.44. The molecule has 1 aromatic rings. The first-order valence-electron chi connectivity index (χ1n) is 11.6. The predicted octanol–water partition coefficient (Wildman–Crippen LogP) is 2.68. The Hall–Kier alpha value is -1.89. The monoisotopic (exact) mass is 415 g/mol. The zero-order valence-electron chi connectivity index (χ0n) is 18.1. The van der Waals surface area contributed by atoms with Crippen LogP contribution in [0.1, 0.15) is 56.4 Å². The molecule has 1 saturated heterocycles. The highest BCUT2D eigenvalue weighted by atomic mass is 16.5. The summed E-state index contributed by atoms with van der Waals surface area (Å²) in [5, 5.41) is 6.98. The van der Waals surface area contributed by atoms with E-state index in [9.17, 15) is 9.59 Å². The Kier molecular flexibility index (Phi) is 5.12. The SMILES string of the molecule is Cc1cc(CNC(=O)[C@H]2[C@H](C(=O)OCC3CCCCN3C)[C@H]3CC[C@@H]2C32CC2)no1. The Morgan fingerprint density at radius 1 is 1.23 bits per heavy atom. The molecule has 1 amide bonds. The molecule has 7 nitrogen and oxygen atoms in total. The fourth-order valence-electron chi connectivity index (χ4n) is 6.75. The highest BCUT2D eigenvalue weighted by Gasteiger charge is 2.71. The molecule has 3 saturated carbocycles. The summed E-state index contributed by atoms with van der Waals surface area (Å²) < 4.78 is 11.0. The molecule has 1 N–H and O–H groups in total. The van der Waals surface area contributed by atoms with Gasteiger partial charge in [0.25, 0.3) is 0 Å². The van der Waals surface area contributed by atoms with Gasteiger partial charge < -0.3 is 19.5 Å². The Bertz CT molecular complexity index is 817. The Morgan fingerprint density at radius 2 is 2.00 bits per heavy atom. The van der Waals surface area contributed by atoms with E-state index in [-0.39, 0.29) is 29.1 Å². The van der Waals surface area contributed by atoms with E-state index in [1.165, 1.54) is 12.8 Å². The van der Waals surface area contributed by atoms with Gasteiger partial charge in [0.2, 0.25) is 5.91 Å². The quantitative estimate of drug-likeness (QED) is 0.719. The lowest BCUT2D eigenvalue weighted by Gasteiger charge is -2.33. The topological polar surface area (TPSA) is 84.7 Å². The van der Waals surface area contributed by atoms with E-state index in [0.717, 1.165) is 44.4 Å². The molecule has 164 valence electrons. The third-order valence-corrected chi connectivity index (χ3v) is 8.38. The molecular weight excluding hydrogens is 382 g/mol. The zero-order valence-corrected chi connectivity index (χ0v) is 18.1. The van der Waals surface area contributed by atoms with Crippen LogP contribution in [0, 0.1) is 36.0 Å². The Balaban J connectivity index is 1.27. The first-order valence-corrected chi connectivity index (χ1v) is 11.6. The van der Waals surface area contributed by atoms with Crippen LogP contribution in [0.25, 0.3) is 0 Å². The number of esters is 1. The van der Waals surface area contributed by atoms with E-state index in [0.29, 0.717) is 36.7 Å². The van der Waals surface area contributed by atoms with Gasteiger partial charge in [0.1, 0.15) is 18.1 Å². The fraction of sp³-hybridized carbons (Fsp3) is 0.783. The van der Waals surface area contributed by atoms with Crippen LogP contribution >= 0.6 is 0 Å². The maximum absolute atomic E-state index is 13.2. The number of amides is 1. The molecule has 4 fully saturated rings. The highest BCUT2D eigenvalue weighted by Crippen LogP contribution is 2.74. The van der Waals surface area contributed by atoms with Crippen LogP contribution in [0.4, 0.5) is 0 Å². The summed E-state index contributed by atoms with van der Waals surface area (Å²) in [5.41, 5.74) is 0.933. The summed E-state index contributed by atoms with van der Waals surface area (Å²) in [6.07, 6.45) is 7.90. The summed E-state index contributed by atoms with van der Waals surface area (Å²) in [6.45, 7) is 3.68. The van der Waals surface area contributed by atoms with Crippen LogP contribution in [0.3, 0.4) is 0 Å². The van der Waals surface area contributed by atoms with Gasteiger partial charge in [-0.1, -0.05) is 11.6 Å². The Labute approximate surface area is 177 Å². The van der Waals surface area contributed by atoms with Gasteiger partial charge in [-0.3, -0.25) is 9.59 Å². The minimum absolute atomic E-state index is 0.0223. The number of carbonyl (C=O) groups excluding carboxylic acids is 2. The van der Waals surface area contributed by atoms with E-state index in [2.05, 4.69) is 22.4 Å². The van der Waals surface area contributed by atoms with Crippen molar-refractivity contribution < 1.29 is 18.8 Å². The lowest BCUT2D eigenvalue weighted by molar-refractivity contribution is -0.157. The first kappa shape index (κ1) is 20.0. The van der Waals surface area contributed by atoms with Gasteiger partial charge in [0.15, 0.2) is 0 Å². The van der Waals surface area contributed by atoms with Crippen LogP contribution in [0.15, 0.2) is 10.6 Å². The standard InChI is InChI=1S/C23H33N3O4/c1-14-11-15(25-30-14)12-24-21(27)19-17-6-7-18(23(17)8-9-23)20(19)22(28)29-13-16-5-3-4-10-26(16)2/h11,16-20H,3-10,12-13H2,1-2H3,(H,24,27)/t16?,17-,18+,19+,20+/m0/s1. The molecule has 5 atom stereocenters. The summed E-state index contributed by atoms with van der Waals surface area (Å²) in [7, 11) is 2.11. The van der Waals surface area contributed by atoms with Crippen molar-refractivity contribution in [2.45, 2.75) is 64.5 Å². The number of nitrogens with zero attached hydrogens (tertiary/aromatic N) is 2. The summed E-state index contributed by atoms with van der Waals surface area (Å²) in [4.78, 5) is 28.8. The number of nitrogens with one attached hydrogen (secondary N) is 1. The first-order chi connectivity index (χ1) is 14.5. The lowest BCUT2D eigenvalue weighted by atomic mass is 9.78. The van der Waals surface area contributed by atoms with Gasteiger partial charge in [-0.05, 0) is 76.3 Å². The van der Waals surface area contributed by atoms with Gasteiger partial charge >= 0.3 is 5.97 Å². The number of hydrogen-bond acceptors (Lipinski definition) is 6. The number of carbonyl (C=O) groups is 2. The maximum Gasteiger partial charge on any atom is 0.310 e. The molecule has 4 aliphatic rings. The number of aryl methyl sites for hydroxylation is 1. The van der Waals surface area contributed by atoms with E-state index in [1.54, 1.807) is 0 Å². The predicted molar refractivity (Wildman–Crippen MR) is 109 cm³/mol. The maximum atomic E-state index is 13.2. The number of piperidine rings is 1. The van der Waals surface area contributed by atoms with Gasteiger partial charge in [-0.15, -0.1) is 0 Å². The van der Waals surface area contributed by atoms with Crippen molar-refractivity contribution in [3.05, 3.63) is 17.5 Å². The third-order valence-electron chi connectivity index (χ3n) is 8.38. The van der Waals surface area contributed by atoms with Crippen molar-refractivity contribution in [2.24, 2.45) is 29.1 Å². The summed E-state index contributed by atoms with van der Waals surface area (Å²) in [6, 6.07) is 2.13. The smallest absolute Gasteiger partial charge is 0.310 e. The summed E-state index contributed by atoms with van der Waals surface area (Å²) >= 11 is 0. The van der Waals surface area contributed by atoms with Gasteiger partial charge in [-0.25, -0.2) is 0 Å². The molecule has 7 heteroatoms. The largest absolute Gasteiger partial charge is 0.464 e. The third kappa shape index (κ3) is 3.35. The average molecular weight is 416 g/mol. The van der Waals surface area contributed by atoms with Crippen LogP contribution in [0.2, 0.25) is 0 Å². The van der Waals surface area contributed by atoms with Crippen LogP contribution in [0.5, 0.6) is 0 Å². The van der Waals surface area contributed by atoms with Crippen LogP contribution in [-0.4, -0.2) is 48.2 Å². The van der Waals surface area contributed by atoms with E-state index in [4.69, 9.17) is 9.26 Å². The number of rotatable bonds is 6. The molecule has 3 aliphatic carbocycles. The van der Waals surface area contributed by atoms with Gasteiger partial charge in [0, 0.05) is 12.1 Å². The molecule has 2 heterocycles. The second-order valence-electron chi connectivity index (χ2n) is 9.98. The molecule has 1 unspecified atom stereocenters. The van der Waals surface area contributed by atoms with E-state index >= 15 is 0 Å². The second kappa shape index (κ2) is 7.66. The number of likely N-dealkylation sites (tertiary alicyclic amines) is 1.